The lowest BCUT2D eigenvalue weighted by atomic mass is 9.95. The first-order valence-corrected chi connectivity index (χ1v) is 6.43. The summed E-state index contributed by atoms with van der Waals surface area (Å²) in [5, 5.41) is 5.13. The Morgan fingerprint density at radius 1 is 1.25 bits per heavy atom. The molecule has 2 aromatic rings. The van der Waals surface area contributed by atoms with Crippen LogP contribution in [0.3, 0.4) is 0 Å². The van der Waals surface area contributed by atoms with E-state index in [-0.39, 0.29) is 0 Å². The normalized spacial score (nSPS) is 13.4. The molecule has 0 bridgehead atoms. The van der Waals surface area contributed by atoms with Gasteiger partial charge in [-0.05, 0) is 30.2 Å². The van der Waals surface area contributed by atoms with E-state index < -0.39 is 0 Å². The van der Waals surface area contributed by atoms with Crippen molar-refractivity contribution in [3.05, 3.63) is 23.5 Å². The van der Waals surface area contributed by atoms with Gasteiger partial charge >= 0.3 is 0 Å². The molecule has 82 valence electrons. The predicted octanol–water partition coefficient (Wildman–Crippen LogP) is 1.70. The molecular weight excluding hydrogens is 220 g/mol. The third-order valence-corrected chi connectivity index (χ3v) is 3.49. The molecule has 2 aromatic heterocycles. The number of rotatable bonds is 1. The second-order valence-electron chi connectivity index (χ2n) is 3.87. The van der Waals surface area contributed by atoms with Crippen molar-refractivity contribution in [2.24, 2.45) is 7.05 Å². The molecule has 0 radical (unpaired) electrons. The summed E-state index contributed by atoms with van der Waals surface area (Å²) in [7, 11) is 1.97. The first-order valence-electron chi connectivity index (χ1n) is 5.20. The number of nitrogens with zero attached hydrogens (tertiary/aromatic N) is 4. The summed E-state index contributed by atoms with van der Waals surface area (Å²) in [6, 6.07) is 0. The first-order chi connectivity index (χ1) is 7.79. The molecule has 0 atom stereocenters. The molecule has 16 heavy (non-hydrogen) atoms. The maximum atomic E-state index is 4.60. The smallest absolute Gasteiger partial charge is 0.187 e. The minimum atomic E-state index is 0.827. The Hall–Kier alpha value is -1.36. The molecule has 0 saturated carbocycles. The maximum absolute atomic E-state index is 4.60. The minimum Gasteiger partial charge on any atom is -0.266 e. The molecule has 0 aliphatic heterocycles. The average Bonchev–Trinajstić information content (AvgIpc) is 2.71. The predicted molar refractivity (Wildman–Crippen MR) is 63.4 cm³/mol. The highest BCUT2D eigenvalue weighted by Crippen LogP contribution is 2.31. The quantitative estimate of drug-likeness (QED) is 0.554. The molecular formula is C11H12N4S. The molecule has 3 rings (SSSR count). The van der Waals surface area contributed by atoms with E-state index in [9.17, 15) is 0 Å². The Labute approximate surface area is 98.1 Å². The van der Waals surface area contributed by atoms with Crippen LogP contribution in [0.15, 0.2) is 17.6 Å². The zero-order valence-corrected chi connectivity index (χ0v) is 10.1. The average molecular weight is 232 g/mol. The summed E-state index contributed by atoms with van der Waals surface area (Å²) >= 11 is 1.57. The van der Waals surface area contributed by atoms with Gasteiger partial charge in [0.2, 0.25) is 0 Å². The van der Waals surface area contributed by atoms with Gasteiger partial charge in [0.05, 0.1) is 17.6 Å². The Morgan fingerprint density at radius 3 is 2.88 bits per heavy atom. The highest BCUT2D eigenvalue weighted by molar-refractivity contribution is 7.98. The topological polar surface area (TPSA) is 43.6 Å². The summed E-state index contributed by atoms with van der Waals surface area (Å²) in [5.41, 5.74) is 4.73. The molecule has 0 aromatic carbocycles. The summed E-state index contributed by atoms with van der Waals surface area (Å²) in [5.74, 6) is 0. The molecule has 1 aliphatic rings. The van der Waals surface area contributed by atoms with E-state index in [1.807, 2.05) is 30.4 Å². The summed E-state index contributed by atoms with van der Waals surface area (Å²) in [6.45, 7) is 0. The van der Waals surface area contributed by atoms with Gasteiger partial charge in [-0.2, -0.15) is 5.10 Å². The summed E-state index contributed by atoms with van der Waals surface area (Å²) in [4.78, 5) is 8.92. The standard InChI is InChI=1S/C11H12N4S/c1-15-10-8(6-13-15)4-3-7-5-12-11(16-2)14-9(7)10/h5-6H,3-4H2,1-2H3. The van der Waals surface area contributed by atoms with Gasteiger partial charge in [-0.25, -0.2) is 9.97 Å². The van der Waals surface area contributed by atoms with Crippen molar-refractivity contribution in [1.82, 2.24) is 19.7 Å². The molecule has 0 amide bonds. The van der Waals surface area contributed by atoms with Crippen LogP contribution >= 0.6 is 11.8 Å². The van der Waals surface area contributed by atoms with Crippen molar-refractivity contribution in [1.29, 1.82) is 0 Å². The van der Waals surface area contributed by atoms with E-state index in [1.165, 1.54) is 11.1 Å². The molecule has 0 N–H and O–H groups in total. The Bertz CT molecular complexity index is 547. The van der Waals surface area contributed by atoms with Gasteiger partial charge in [-0.3, -0.25) is 4.68 Å². The fourth-order valence-electron chi connectivity index (χ4n) is 2.12. The van der Waals surface area contributed by atoms with Crippen LogP contribution in [0, 0.1) is 0 Å². The molecule has 0 spiro atoms. The molecule has 4 nitrogen and oxygen atoms in total. The van der Waals surface area contributed by atoms with Crippen molar-refractivity contribution in [2.75, 3.05) is 6.26 Å². The fraction of sp³-hybridized carbons (Fsp3) is 0.364. The number of aryl methyl sites for hydroxylation is 3. The van der Waals surface area contributed by atoms with Gasteiger partial charge in [0, 0.05) is 13.2 Å². The van der Waals surface area contributed by atoms with E-state index in [0.29, 0.717) is 0 Å². The zero-order chi connectivity index (χ0) is 11.1. The van der Waals surface area contributed by atoms with Crippen LogP contribution < -0.4 is 0 Å². The van der Waals surface area contributed by atoms with Crippen LogP contribution in [-0.4, -0.2) is 26.0 Å². The van der Waals surface area contributed by atoms with Crippen molar-refractivity contribution in [3.63, 3.8) is 0 Å². The number of thioether (sulfide) groups is 1. The Morgan fingerprint density at radius 2 is 2.06 bits per heavy atom. The lowest BCUT2D eigenvalue weighted by molar-refractivity contribution is 0.761. The van der Waals surface area contributed by atoms with E-state index >= 15 is 0 Å². The molecule has 0 unspecified atom stereocenters. The van der Waals surface area contributed by atoms with Crippen molar-refractivity contribution in [2.45, 2.75) is 18.0 Å². The number of hydrogen-bond acceptors (Lipinski definition) is 4. The maximum Gasteiger partial charge on any atom is 0.187 e. The van der Waals surface area contributed by atoms with Crippen LogP contribution in [0.2, 0.25) is 0 Å². The van der Waals surface area contributed by atoms with Crippen molar-refractivity contribution in [3.8, 4) is 11.4 Å². The monoisotopic (exact) mass is 232 g/mol. The SMILES string of the molecule is CSc1ncc2c(n1)-c1c(cnn1C)CC2. The van der Waals surface area contributed by atoms with Gasteiger partial charge in [0.15, 0.2) is 5.16 Å². The highest BCUT2D eigenvalue weighted by atomic mass is 32.2. The molecule has 2 heterocycles. The number of fused-ring (bicyclic) bond motifs is 3. The van der Waals surface area contributed by atoms with Crippen molar-refractivity contribution >= 4 is 11.8 Å². The highest BCUT2D eigenvalue weighted by Gasteiger charge is 2.21. The number of aromatic nitrogens is 4. The largest absolute Gasteiger partial charge is 0.266 e. The lowest BCUT2D eigenvalue weighted by Crippen LogP contribution is -2.09. The third kappa shape index (κ3) is 1.35. The van der Waals surface area contributed by atoms with Crippen LogP contribution in [0.5, 0.6) is 0 Å². The Kier molecular flexibility index (Phi) is 2.21. The first kappa shape index (κ1) is 9.84. The third-order valence-electron chi connectivity index (χ3n) is 2.93. The van der Waals surface area contributed by atoms with Crippen LogP contribution in [0.4, 0.5) is 0 Å². The summed E-state index contributed by atoms with van der Waals surface area (Å²) < 4.78 is 1.91. The zero-order valence-electron chi connectivity index (χ0n) is 9.27. The minimum absolute atomic E-state index is 0.827. The van der Waals surface area contributed by atoms with E-state index in [4.69, 9.17) is 0 Å². The molecule has 1 aliphatic carbocycles. The van der Waals surface area contributed by atoms with Gasteiger partial charge in [0.25, 0.3) is 0 Å². The fourth-order valence-corrected chi connectivity index (χ4v) is 2.46. The van der Waals surface area contributed by atoms with Crippen LogP contribution in [0.1, 0.15) is 11.1 Å². The number of hydrogen-bond donors (Lipinski definition) is 0. The molecule has 5 heteroatoms. The van der Waals surface area contributed by atoms with Gasteiger partial charge < -0.3 is 0 Å². The second-order valence-corrected chi connectivity index (χ2v) is 4.65. The Balaban J connectivity index is 2.25. The van der Waals surface area contributed by atoms with Gasteiger partial charge in [0.1, 0.15) is 0 Å². The van der Waals surface area contributed by atoms with E-state index in [0.717, 1.165) is 29.4 Å². The lowest BCUT2D eigenvalue weighted by Gasteiger charge is -2.16. The molecule has 0 saturated heterocycles. The van der Waals surface area contributed by atoms with Gasteiger partial charge in [-0.1, -0.05) is 11.8 Å². The second kappa shape index (κ2) is 3.59. The van der Waals surface area contributed by atoms with Crippen molar-refractivity contribution < 1.29 is 0 Å². The van der Waals surface area contributed by atoms with E-state index in [2.05, 4.69) is 15.1 Å². The van der Waals surface area contributed by atoms with Crippen LogP contribution in [-0.2, 0) is 19.9 Å². The van der Waals surface area contributed by atoms with E-state index in [1.54, 1.807) is 11.8 Å². The summed E-state index contributed by atoms with van der Waals surface area (Å²) in [6.07, 6.45) is 7.94. The van der Waals surface area contributed by atoms with Gasteiger partial charge in [-0.15, -0.1) is 0 Å². The molecule has 0 fully saturated rings. The van der Waals surface area contributed by atoms with Crippen LogP contribution in [0.25, 0.3) is 11.4 Å².